The SMILES string of the molecule is CCOc1ccc(C(Cl)C2C3C4CCC(C4)C32)cc1Br. The molecule has 3 saturated carbocycles. The van der Waals surface area contributed by atoms with Crippen molar-refractivity contribution in [3.63, 3.8) is 0 Å². The molecule has 3 aliphatic carbocycles. The second-order valence-corrected chi connectivity index (χ2v) is 7.91. The van der Waals surface area contributed by atoms with Gasteiger partial charge in [0.2, 0.25) is 0 Å². The van der Waals surface area contributed by atoms with Gasteiger partial charge in [-0.25, -0.2) is 0 Å². The first-order valence-electron chi connectivity index (χ1n) is 7.77. The Morgan fingerprint density at radius 2 is 2.00 bits per heavy atom. The minimum absolute atomic E-state index is 0.181. The largest absolute Gasteiger partial charge is 0.493 e. The molecule has 5 unspecified atom stereocenters. The highest BCUT2D eigenvalue weighted by Gasteiger charge is 2.66. The number of rotatable bonds is 4. The van der Waals surface area contributed by atoms with Crippen LogP contribution in [0.1, 0.15) is 37.1 Å². The summed E-state index contributed by atoms with van der Waals surface area (Å²) in [5.74, 6) is 5.48. The molecular weight excluding hydrogens is 336 g/mol. The molecule has 1 aromatic rings. The summed E-state index contributed by atoms with van der Waals surface area (Å²) in [6.45, 7) is 2.70. The van der Waals surface area contributed by atoms with Gasteiger partial charge in [0.15, 0.2) is 0 Å². The van der Waals surface area contributed by atoms with Crippen molar-refractivity contribution in [2.24, 2.45) is 29.6 Å². The molecule has 0 aromatic heterocycles. The van der Waals surface area contributed by atoms with Crippen LogP contribution in [0.3, 0.4) is 0 Å². The van der Waals surface area contributed by atoms with Gasteiger partial charge >= 0.3 is 0 Å². The van der Waals surface area contributed by atoms with Crippen LogP contribution >= 0.6 is 27.5 Å². The first-order valence-corrected chi connectivity index (χ1v) is 9.00. The lowest BCUT2D eigenvalue weighted by atomic mass is 9.97. The summed E-state index contributed by atoms with van der Waals surface area (Å²) in [6.07, 6.45) is 4.40. The van der Waals surface area contributed by atoms with Gasteiger partial charge in [-0.05, 0) is 89.4 Å². The van der Waals surface area contributed by atoms with Crippen LogP contribution < -0.4 is 4.74 Å². The van der Waals surface area contributed by atoms with Crippen molar-refractivity contribution in [2.45, 2.75) is 31.6 Å². The molecule has 3 heteroatoms. The van der Waals surface area contributed by atoms with Crippen LogP contribution in [0.4, 0.5) is 0 Å². The van der Waals surface area contributed by atoms with E-state index < -0.39 is 0 Å². The van der Waals surface area contributed by atoms with Crippen molar-refractivity contribution >= 4 is 27.5 Å². The zero-order chi connectivity index (χ0) is 13.9. The Labute approximate surface area is 134 Å². The van der Waals surface area contributed by atoms with E-state index in [2.05, 4.69) is 28.1 Å². The lowest BCUT2D eigenvalue weighted by Crippen LogP contribution is -2.04. The van der Waals surface area contributed by atoms with E-state index in [0.717, 1.165) is 39.8 Å². The lowest BCUT2D eigenvalue weighted by molar-refractivity contribution is 0.338. The molecule has 3 aliphatic rings. The van der Waals surface area contributed by atoms with Crippen LogP contribution in [0.25, 0.3) is 0 Å². The van der Waals surface area contributed by atoms with Crippen molar-refractivity contribution in [3.8, 4) is 5.75 Å². The van der Waals surface area contributed by atoms with Gasteiger partial charge in [0.25, 0.3) is 0 Å². The number of benzene rings is 1. The van der Waals surface area contributed by atoms with Crippen LogP contribution in [-0.2, 0) is 0 Å². The van der Waals surface area contributed by atoms with Crippen LogP contribution in [0, 0.1) is 29.6 Å². The fourth-order valence-electron chi connectivity index (χ4n) is 4.97. The summed E-state index contributed by atoms with van der Waals surface area (Å²) in [6, 6.07) is 6.34. The second-order valence-electron chi connectivity index (χ2n) is 6.59. The van der Waals surface area contributed by atoms with E-state index in [1.54, 1.807) is 0 Å². The summed E-state index contributed by atoms with van der Waals surface area (Å²) >= 11 is 10.4. The number of alkyl halides is 1. The predicted molar refractivity (Wildman–Crippen MR) is 85.2 cm³/mol. The molecule has 2 bridgehead atoms. The Morgan fingerprint density at radius 3 is 2.60 bits per heavy atom. The number of hydrogen-bond donors (Lipinski definition) is 0. The molecule has 0 amide bonds. The van der Waals surface area contributed by atoms with Crippen molar-refractivity contribution in [1.82, 2.24) is 0 Å². The summed E-state index contributed by atoms with van der Waals surface area (Å²) in [5.41, 5.74) is 1.25. The highest BCUT2D eigenvalue weighted by Crippen LogP contribution is 2.73. The highest BCUT2D eigenvalue weighted by atomic mass is 79.9. The van der Waals surface area contributed by atoms with Crippen LogP contribution in [-0.4, -0.2) is 6.61 Å². The molecule has 1 nitrogen and oxygen atoms in total. The molecular formula is C17H20BrClO. The maximum absolute atomic E-state index is 6.80. The average molecular weight is 356 g/mol. The quantitative estimate of drug-likeness (QED) is 0.655. The second kappa shape index (κ2) is 4.91. The summed E-state index contributed by atoms with van der Waals surface area (Å²) in [5, 5.41) is 0.181. The number of ether oxygens (including phenoxy) is 1. The van der Waals surface area contributed by atoms with E-state index in [0.29, 0.717) is 6.61 Å². The van der Waals surface area contributed by atoms with Crippen molar-refractivity contribution < 1.29 is 4.74 Å². The van der Waals surface area contributed by atoms with E-state index in [4.69, 9.17) is 16.3 Å². The van der Waals surface area contributed by atoms with Crippen molar-refractivity contribution in [2.75, 3.05) is 6.61 Å². The Kier molecular flexibility index (Phi) is 3.30. The van der Waals surface area contributed by atoms with E-state index in [-0.39, 0.29) is 5.38 Å². The Balaban J connectivity index is 1.52. The normalized spacial score (nSPS) is 38.6. The third-order valence-electron chi connectivity index (χ3n) is 5.71. The molecule has 0 aliphatic heterocycles. The standard InChI is InChI=1S/C17H20BrClO/c1-2-20-13-6-5-11(8-12(13)18)17(19)16-14-9-3-4-10(7-9)15(14)16/h5-6,8-10,14-17H,2-4,7H2,1H3. The highest BCUT2D eigenvalue weighted by molar-refractivity contribution is 9.10. The van der Waals surface area contributed by atoms with Gasteiger partial charge in [-0.1, -0.05) is 6.07 Å². The Bertz CT molecular complexity index is 516. The molecule has 20 heavy (non-hydrogen) atoms. The summed E-state index contributed by atoms with van der Waals surface area (Å²) in [7, 11) is 0. The van der Waals surface area contributed by atoms with E-state index >= 15 is 0 Å². The zero-order valence-corrected chi connectivity index (χ0v) is 14.0. The lowest BCUT2D eigenvalue weighted by Gasteiger charge is -2.16. The summed E-state index contributed by atoms with van der Waals surface area (Å²) in [4.78, 5) is 0. The summed E-state index contributed by atoms with van der Waals surface area (Å²) < 4.78 is 6.60. The first-order chi connectivity index (χ1) is 9.70. The smallest absolute Gasteiger partial charge is 0.133 e. The van der Waals surface area contributed by atoms with E-state index in [1.165, 1.54) is 24.8 Å². The molecule has 1 aromatic carbocycles. The third-order valence-corrected chi connectivity index (χ3v) is 6.87. The first kappa shape index (κ1) is 13.5. The Morgan fingerprint density at radius 1 is 1.30 bits per heavy atom. The monoisotopic (exact) mass is 354 g/mol. The van der Waals surface area contributed by atoms with Crippen LogP contribution in [0.2, 0.25) is 0 Å². The number of hydrogen-bond acceptors (Lipinski definition) is 1. The minimum atomic E-state index is 0.181. The van der Waals surface area contributed by atoms with Crippen molar-refractivity contribution in [3.05, 3.63) is 28.2 Å². The third kappa shape index (κ3) is 1.94. The van der Waals surface area contributed by atoms with Crippen molar-refractivity contribution in [1.29, 1.82) is 0 Å². The van der Waals surface area contributed by atoms with Gasteiger partial charge in [-0.15, -0.1) is 11.6 Å². The van der Waals surface area contributed by atoms with Gasteiger partial charge in [-0.3, -0.25) is 0 Å². The van der Waals surface area contributed by atoms with E-state index in [9.17, 15) is 0 Å². The molecule has 0 N–H and O–H groups in total. The number of fused-ring (bicyclic) bond motifs is 5. The van der Waals surface area contributed by atoms with E-state index in [1.807, 2.05) is 13.0 Å². The molecule has 3 fully saturated rings. The maximum atomic E-state index is 6.80. The Hall–Kier alpha value is -0.210. The topological polar surface area (TPSA) is 9.23 Å². The van der Waals surface area contributed by atoms with Gasteiger partial charge in [0.05, 0.1) is 16.5 Å². The molecule has 0 radical (unpaired) electrons. The fourth-order valence-corrected chi connectivity index (χ4v) is 5.95. The minimum Gasteiger partial charge on any atom is -0.493 e. The fraction of sp³-hybridized carbons (Fsp3) is 0.647. The van der Waals surface area contributed by atoms with Gasteiger partial charge in [-0.2, -0.15) is 0 Å². The van der Waals surface area contributed by atoms with Crippen LogP contribution in [0.5, 0.6) is 5.75 Å². The van der Waals surface area contributed by atoms with Gasteiger partial charge in [0.1, 0.15) is 5.75 Å². The van der Waals surface area contributed by atoms with Gasteiger partial charge < -0.3 is 4.74 Å². The molecule has 0 heterocycles. The number of halogens is 2. The average Bonchev–Trinajstić information content (AvgIpc) is 2.88. The maximum Gasteiger partial charge on any atom is 0.133 e. The molecule has 108 valence electrons. The molecule has 0 saturated heterocycles. The molecule has 4 rings (SSSR count). The van der Waals surface area contributed by atoms with Gasteiger partial charge in [0, 0.05) is 0 Å². The zero-order valence-electron chi connectivity index (χ0n) is 11.7. The molecule has 0 spiro atoms. The van der Waals surface area contributed by atoms with Crippen LogP contribution in [0.15, 0.2) is 22.7 Å². The molecule has 5 atom stereocenters. The predicted octanol–water partition coefficient (Wildman–Crippen LogP) is 5.42.